The van der Waals surface area contributed by atoms with Gasteiger partial charge in [0.15, 0.2) is 0 Å². The number of rotatable bonds is 4. The lowest BCUT2D eigenvalue weighted by Crippen LogP contribution is -2.22. The van der Waals surface area contributed by atoms with Crippen molar-refractivity contribution < 1.29 is 0 Å². The van der Waals surface area contributed by atoms with Gasteiger partial charge in [0.25, 0.3) is 0 Å². The molecular formula is C6H18N3S2+. The average molecular weight is 196 g/mol. The van der Waals surface area contributed by atoms with Gasteiger partial charge in [0.1, 0.15) is 4.32 Å². The van der Waals surface area contributed by atoms with Crippen LogP contribution in [0.2, 0.25) is 0 Å². The fourth-order valence-electron chi connectivity index (χ4n) is 0.591. The van der Waals surface area contributed by atoms with E-state index in [0.717, 1.165) is 19.5 Å². The number of thiol groups is 1. The first-order chi connectivity index (χ1) is 4.63. The third kappa shape index (κ3) is 13.2. The number of quaternary nitrogens is 1. The van der Waals surface area contributed by atoms with Crippen LogP contribution in [0.1, 0.15) is 6.42 Å². The summed E-state index contributed by atoms with van der Waals surface area (Å²) in [4.78, 5) is 2.14. The zero-order chi connectivity index (χ0) is 7.98. The molecule has 0 spiro atoms. The first-order valence-corrected chi connectivity index (χ1v) is 4.10. The van der Waals surface area contributed by atoms with Gasteiger partial charge in [0, 0.05) is 6.54 Å². The summed E-state index contributed by atoms with van der Waals surface area (Å²) in [6, 6.07) is 0. The molecule has 5 N–H and O–H groups in total. The SMILES string of the molecule is CN(C)CCCNC(=S)S.[NH4+]. The van der Waals surface area contributed by atoms with Crippen molar-refractivity contribution in [2.24, 2.45) is 0 Å². The van der Waals surface area contributed by atoms with Crippen LogP contribution in [0, 0.1) is 0 Å². The van der Waals surface area contributed by atoms with E-state index in [9.17, 15) is 0 Å². The van der Waals surface area contributed by atoms with Gasteiger partial charge in [-0.15, -0.1) is 12.6 Å². The van der Waals surface area contributed by atoms with Gasteiger partial charge in [-0.2, -0.15) is 0 Å². The molecule has 0 aromatic rings. The first kappa shape index (κ1) is 13.7. The summed E-state index contributed by atoms with van der Waals surface area (Å²) in [7, 11) is 4.11. The van der Waals surface area contributed by atoms with Crippen LogP contribution in [0.25, 0.3) is 0 Å². The second-order valence-corrected chi connectivity index (χ2v) is 3.55. The molecule has 0 aliphatic heterocycles. The van der Waals surface area contributed by atoms with Crippen molar-refractivity contribution in [1.29, 1.82) is 0 Å². The van der Waals surface area contributed by atoms with E-state index in [1.54, 1.807) is 0 Å². The van der Waals surface area contributed by atoms with Crippen LogP contribution in [-0.2, 0) is 0 Å². The molecule has 3 nitrogen and oxygen atoms in total. The molecule has 0 unspecified atom stereocenters. The number of thiocarbonyl (C=S) groups is 1. The van der Waals surface area contributed by atoms with Crippen molar-refractivity contribution in [3.8, 4) is 0 Å². The van der Waals surface area contributed by atoms with E-state index < -0.39 is 0 Å². The highest BCUT2D eigenvalue weighted by molar-refractivity contribution is 8.11. The molecule has 0 bridgehead atoms. The van der Waals surface area contributed by atoms with Gasteiger partial charge in [0.05, 0.1) is 0 Å². The van der Waals surface area contributed by atoms with Gasteiger partial charge in [-0.1, -0.05) is 12.2 Å². The molecule has 11 heavy (non-hydrogen) atoms. The van der Waals surface area contributed by atoms with Crippen LogP contribution in [0.3, 0.4) is 0 Å². The standard InChI is InChI=1S/C6H14N2S2.H3N/c1-8(2)5-3-4-7-6(9)10;/h3-5H2,1-2H3,(H2,7,9,10);1H3/p+1. The highest BCUT2D eigenvalue weighted by Gasteiger charge is 1.89. The lowest BCUT2D eigenvalue weighted by Gasteiger charge is -2.08. The lowest BCUT2D eigenvalue weighted by molar-refractivity contribution is 0.400. The van der Waals surface area contributed by atoms with Gasteiger partial charge < -0.3 is 16.4 Å². The van der Waals surface area contributed by atoms with Crippen molar-refractivity contribution in [2.45, 2.75) is 6.42 Å². The average Bonchev–Trinajstić information content (AvgIpc) is 1.79. The van der Waals surface area contributed by atoms with Crippen LogP contribution < -0.4 is 11.5 Å². The molecule has 0 rings (SSSR count). The van der Waals surface area contributed by atoms with Gasteiger partial charge >= 0.3 is 0 Å². The third-order valence-corrected chi connectivity index (χ3v) is 1.36. The number of hydrogen-bond donors (Lipinski definition) is 3. The van der Waals surface area contributed by atoms with E-state index in [2.05, 4.69) is 36.9 Å². The van der Waals surface area contributed by atoms with Crippen LogP contribution >= 0.6 is 24.8 Å². The summed E-state index contributed by atoms with van der Waals surface area (Å²) in [6.45, 7) is 2.00. The third-order valence-electron chi connectivity index (χ3n) is 1.06. The molecule has 0 heterocycles. The van der Waals surface area contributed by atoms with E-state index in [1.165, 1.54) is 0 Å². The molecule has 0 saturated heterocycles. The summed E-state index contributed by atoms with van der Waals surface area (Å²) >= 11 is 8.64. The van der Waals surface area contributed by atoms with Crippen LogP contribution in [0.4, 0.5) is 0 Å². The first-order valence-electron chi connectivity index (χ1n) is 3.24. The smallest absolute Gasteiger partial charge is 0.130 e. The Hall–Kier alpha value is 0.160. The Morgan fingerprint density at radius 2 is 2.09 bits per heavy atom. The molecule has 0 atom stereocenters. The minimum absolute atomic E-state index is 0. The zero-order valence-electron chi connectivity index (χ0n) is 7.42. The Morgan fingerprint density at radius 1 is 1.55 bits per heavy atom. The van der Waals surface area contributed by atoms with Gasteiger partial charge in [-0.25, -0.2) is 0 Å². The second kappa shape index (κ2) is 8.26. The molecular weight excluding hydrogens is 178 g/mol. The summed E-state index contributed by atoms with van der Waals surface area (Å²) in [5, 5.41) is 2.97. The zero-order valence-corrected chi connectivity index (χ0v) is 9.13. The molecule has 68 valence electrons. The quantitative estimate of drug-likeness (QED) is 0.359. The largest absolute Gasteiger partial charge is 0.371 e. The minimum atomic E-state index is 0. The topological polar surface area (TPSA) is 51.8 Å². The van der Waals surface area contributed by atoms with Crippen molar-refractivity contribution in [1.82, 2.24) is 16.4 Å². The Bertz CT molecular complexity index is 106. The molecule has 0 aromatic heterocycles. The number of hydrogen-bond acceptors (Lipinski definition) is 2. The van der Waals surface area contributed by atoms with Crippen molar-refractivity contribution in [3.05, 3.63) is 0 Å². The van der Waals surface area contributed by atoms with Gasteiger partial charge in [0.2, 0.25) is 0 Å². The fourth-order valence-corrected chi connectivity index (χ4v) is 0.804. The maximum absolute atomic E-state index is 4.71. The minimum Gasteiger partial charge on any atom is -0.371 e. The maximum Gasteiger partial charge on any atom is 0.130 e. The van der Waals surface area contributed by atoms with Crippen LogP contribution in [-0.4, -0.2) is 36.4 Å². The molecule has 0 fully saturated rings. The molecule has 0 aliphatic carbocycles. The Balaban J connectivity index is 0. The van der Waals surface area contributed by atoms with Crippen molar-refractivity contribution >= 4 is 29.2 Å². The highest BCUT2D eigenvalue weighted by atomic mass is 32.1. The van der Waals surface area contributed by atoms with Crippen LogP contribution in [0.15, 0.2) is 0 Å². The monoisotopic (exact) mass is 196 g/mol. The molecule has 0 amide bonds. The fraction of sp³-hybridized carbons (Fsp3) is 0.833. The van der Waals surface area contributed by atoms with Crippen molar-refractivity contribution in [2.75, 3.05) is 27.2 Å². The van der Waals surface area contributed by atoms with Gasteiger partial charge in [-0.05, 0) is 27.1 Å². The lowest BCUT2D eigenvalue weighted by atomic mass is 10.4. The summed E-state index contributed by atoms with van der Waals surface area (Å²) in [5.74, 6) is 0. The number of nitrogens with one attached hydrogen (secondary N) is 1. The van der Waals surface area contributed by atoms with E-state index in [0.29, 0.717) is 4.32 Å². The van der Waals surface area contributed by atoms with Gasteiger partial charge in [-0.3, -0.25) is 0 Å². The molecule has 5 heteroatoms. The van der Waals surface area contributed by atoms with Crippen molar-refractivity contribution in [3.63, 3.8) is 0 Å². The summed E-state index contributed by atoms with van der Waals surface area (Å²) < 4.78 is 0.582. The molecule has 0 aromatic carbocycles. The van der Waals surface area contributed by atoms with E-state index in [1.807, 2.05) is 0 Å². The van der Waals surface area contributed by atoms with E-state index in [4.69, 9.17) is 12.2 Å². The Morgan fingerprint density at radius 3 is 2.45 bits per heavy atom. The highest BCUT2D eigenvalue weighted by Crippen LogP contribution is 1.82. The Kier molecular flexibility index (Phi) is 10.3. The van der Waals surface area contributed by atoms with Crippen LogP contribution in [0.5, 0.6) is 0 Å². The normalized spacial score (nSPS) is 9.09. The summed E-state index contributed by atoms with van der Waals surface area (Å²) in [5.41, 5.74) is 0. The Labute approximate surface area is 79.5 Å². The molecule has 0 saturated carbocycles. The summed E-state index contributed by atoms with van der Waals surface area (Å²) in [6.07, 6.45) is 1.10. The van der Waals surface area contributed by atoms with E-state index >= 15 is 0 Å². The predicted octanol–water partition coefficient (Wildman–Crippen LogP) is 1.12. The second-order valence-electron chi connectivity index (χ2n) is 2.39. The maximum atomic E-state index is 4.71. The molecule has 0 radical (unpaired) electrons. The predicted molar refractivity (Wildman–Crippen MR) is 58.7 cm³/mol. The van der Waals surface area contributed by atoms with E-state index in [-0.39, 0.29) is 6.15 Å². The number of nitrogens with zero attached hydrogens (tertiary/aromatic N) is 1. The molecule has 0 aliphatic rings.